The van der Waals surface area contributed by atoms with E-state index in [1.807, 2.05) is 0 Å². The molecule has 0 amide bonds. The van der Waals surface area contributed by atoms with Crippen LogP contribution in [-0.2, 0) is 10.0 Å². The van der Waals surface area contributed by atoms with Gasteiger partial charge in [-0.25, -0.2) is 12.8 Å². The smallest absolute Gasteiger partial charge is 0.266 e. The van der Waals surface area contributed by atoms with E-state index in [4.69, 9.17) is 0 Å². The number of nitro benzene ring substituents is 1. The number of halogens is 1. The van der Waals surface area contributed by atoms with E-state index in [9.17, 15) is 22.9 Å². The Labute approximate surface area is 133 Å². The van der Waals surface area contributed by atoms with Crippen LogP contribution in [0.5, 0.6) is 0 Å². The number of hydrogen-bond acceptors (Lipinski definition) is 4. The highest BCUT2D eigenvalue weighted by atomic mass is 32.2. The van der Waals surface area contributed by atoms with Gasteiger partial charge >= 0.3 is 0 Å². The highest BCUT2D eigenvalue weighted by Crippen LogP contribution is 2.31. The lowest BCUT2D eigenvalue weighted by molar-refractivity contribution is -0.385. The van der Waals surface area contributed by atoms with Gasteiger partial charge < -0.3 is 0 Å². The fourth-order valence-electron chi connectivity index (χ4n) is 2.28. The van der Waals surface area contributed by atoms with Crippen LogP contribution in [0.15, 0.2) is 47.4 Å². The molecule has 0 heterocycles. The summed E-state index contributed by atoms with van der Waals surface area (Å²) in [4.78, 5) is 10.4. The SMILES string of the molecule is CCN(c1cccc([N+](=O)[O-])c1C)S(=O)(=O)c1ccc(F)cc1. The minimum absolute atomic E-state index is 0.0772. The third-order valence-electron chi connectivity index (χ3n) is 3.43. The number of hydrogen-bond donors (Lipinski definition) is 0. The Morgan fingerprint density at radius 3 is 2.30 bits per heavy atom. The van der Waals surface area contributed by atoms with Crippen molar-refractivity contribution in [1.29, 1.82) is 0 Å². The highest BCUT2D eigenvalue weighted by Gasteiger charge is 2.27. The molecule has 0 spiro atoms. The van der Waals surface area contributed by atoms with Crippen LogP contribution in [0.2, 0.25) is 0 Å². The second-order valence-electron chi connectivity index (χ2n) is 4.80. The zero-order valence-corrected chi connectivity index (χ0v) is 13.4. The molecule has 23 heavy (non-hydrogen) atoms. The molecule has 0 unspecified atom stereocenters. The quantitative estimate of drug-likeness (QED) is 0.619. The number of benzene rings is 2. The molecule has 0 aliphatic carbocycles. The number of rotatable bonds is 5. The van der Waals surface area contributed by atoms with Crippen LogP contribution in [-0.4, -0.2) is 19.9 Å². The van der Waals surface area contributed by atoms with Crippen LogP contribution < -0.4 is 4.31 Å². The van der Waals surface area contributed by atoms with Crippen LogP contribution in [0.3, 0.4) is 0 Å². The molecule has 0 radical (unpaired) electrons. The highest BCUT2D eigenvalue weighted by molar-refractivity contribution is 7.92. The summed E-state index contributed by atoms with van der Waals surface area (Å²) in [5.41, 5.74) is 0.325. The molecule has 0 bridgehead atoms. The Kier molecular flexibility index (Phi) is 4.65. The first kappa shape index (κ1) is 16.9. The van der Waals surface area contributed by atoms with Gasteiger partial charge in [-0.15, -0.1) is 0 Å². The monoisotopic (exact) mass is 338 g/mol. The Morgan fingerprint density at radius 2 is 1.78 bits per heavy atom. The summed E-state index contributed by atoms with van der Waals surface area (Å²) in [7, 11) is -3.94. The summed E-state index contributed by atoms with van der Waals surface area (Å²) in [6, 6.07) is 8.70. The number of nitrogens with zero attached hydrogens (tertiary/aromatic N) is 2. The zero-order valence-electron chi connectivity index (χ0n) is 12.6. The molecule has 2 aromatic rings. The van der Waals surface area contributed by atoms with Gasteiger partial charge in [0.2, 0.25) is 0 Å². The molecule has 0 aliphatic heterocycles. The van der Waals surface area contributed by atoms with E-state index >= 15 is 0 Å². The zero-order chi connectivity index (χ0) is 17.2. The van der Waals surface area contributed by atoms with Gasteiger partial charge in [0.1, 0.15) is 5.82 Å². The summed E-state index contributed by atoms with van der Waals surface area (Å²) < 4.78 is 39.6. The van der Waals surface area contributed by atoms with Crippen molar-refractivity contribution in [2.24, 2.45) is 0 Å². The van der Waals surface area contributed by atoms with Crippen molar-refractivity contribution in [1.82, 2.24) is 0 Å². The molecule has 0 aromatic heterocycles. The van der Waals surface area contributed by atoms with Crippen molar-refractivity contribution in [2.75, 3.05) is 10.8 Å². The molecule has 122 valence electrons. The third-order valence-corrected chi connectivity index (χ3v) is 5.33. The van der Waals surface area contributed by atoms with Crippen molar-refractivity contribution < 1.29 is 17.7 Å². The van der Waals surface area contributed by atoms with Gasteiger partial charge in [-0.1, -0.05) is 6.07 Å². The minimum Gasteiger partial charge on any atom is -0.266 e. The maximum atomic E-state index is 13.0. The maximum absolute atomic E-state index is 13.0. The normalized spacial score (nSPS) is 11.3. The second kappa shape index (κ2) is 6.33. The van der Waals surface area contributed by atoms with Crippen molar-refractivity contribution in [3.05, 3.63) is 64.0 Å². The van der Waals surface area contributed by atoms with E-state index in [1.165, 1.54) is 37.3 Å². The van der Waals surface area contributed by atoms with Crippen LogP contribution in [0.1, 0.15) is 12.5 Å². The molecule has 0 N–H and O–H groups in total. The van der Waals surface area contributed by atoms with Gasteiger partial charge in [-0.2, -0.15) is 0 Å². The molecule has 8 heteroatoms. The van der Waals surface area contributed by atoms with Gasteiger partial charge in [0, 0.05) is 12.6 Å². The summed E-state index contributed by atoms with van der Waals surface area (Å²) in [5, 5.41) is 11.0. The van der Waals surface area contributed by atoms with E-state index in [1.54, 1.807) is 6.92 Å². The first-order valence-electron chi connectivity index (χ1n) is 6.81. The average Bonchev–Trinajstić information content (AvgIpc) is 2.49. The van der Waals surface area contributed by atoms with Gasteiger partial charge in [-0.05, 0) is 44.2 Å². The van der Waals surface area contributed by atoms with E-state index in [0.29, 0.717) is 0 Å². The van der Waals surface area contributed by atoms with Crippen LogP contribution in [0, 0.1) is 22.9 Å². The fraction of sp³-hybridized carbons (Fsp3) is 0.200. The second-order valence-corrected chi connectivity index (χ2v) is 6.66. The molecule has 0 saturated heterocycles. The predicted octanol–water partition coefficient (Wildman–Crippen LogP) is 3.26. The molecule has 0 saturated carbocycles. The molecule has 2 aromatic carbocycles. The molecule has 2 rings (SSSR count). The standard InChI is InChI=1S/C15H15FN2O4S/c1-3-17(14-5-4-6-15(11(14)2)18(19)20)23(21,22)13-9-7-12(16)8-10-13/h4-10H,3H2,1-2H3. The van der Waals surface area contributed by atoms with Gasteiger partial charge in [-0.3, -0.25) is 14.4 Å². The first-order chi connectivity index (χ1) is 10.8. The Hall–Kier alpha value is -2.48. The van der Waals surface area contributed by atoms with Crippen molar-refractivity contribution in [2.45, 2.75) is 18.7 Å². The lowest BCUT2D eigenvalue weighted by Crippen LogP contribution is -2.31. The van der Waals surface area contributed by atoms with Gasteiger partial charge in [0.15, 0.2) is 0 Å². The number of anilines is 1. The molecule has 0 atom stereocenters. The van der Waals surface area contributed by atoms with Crippen molar-refractivity contribution in [3.8, 4) is 0 Å². The number of nitro groups is 1. The van der Waals surface area contributed by atoms with Gasteiger partial charge in [0.25, 0.3) is 15.7 Å². The van der Waals surface area contributed by atoms with Crippen molar-refractivity contribution >= 4 is 21.4 Å². The third kappa shape index (κ3) is 3.16. The summed E-state index contributed by atoms with van der Waals surface area (Å²) in [5.74, 6) is -0.543. The van der Waals surface area contributed by atoms with Crippen molar-refractivity contribution in [3.63, 3.8) is 0 Å². The molecular formula is C15H15FN2O4S. The fourth-order valence-corrected chi connectivity index (χ4v) is 3.81. The average molecular weight is 338 g/mol. The Morgan fingerprint density at radius 1 is 1.17 bits per heavy atom. The lowest BCUT2D eigenvalue weighted by atomic mass is 10.1. The summed E-state index contributed by atoms with van der Waals surface area (Å²) in [6.07, 6.45) is 0. The number of sulfonamides is 1. The predicted molar refractivity (Wildman–Crippen MR) is 84.4 cm³/mol. The van der Waals surface area contributed by atoms with E-state index < -0.39 is 20.8 Å². The molecule has 6 nitrogen and oxygen atoms in total. The summed E-state index contributed by atoms with van der Waals surface area (Å²) >= 11 is 0. The van der Waals surface area contributed by atoms with E-state index in [-0.39, 0.29) is 28.4 Å². The summed E-state index contributed by atoms with van der Waals surface area (Å²) in [6.45, 7) is 3.21. The van der Waals surface area contributed by atoms with Crippen LogP contribution >= 0.6 is 0 Å². The minimum atomic E-state index is -3.94. The molecule has 0 fully saturated rings. The molecular weight excluding hydrogens is 323 g/mol. The molecule has 0 aliphatic rings. The topological polar surface area (TPSA) is 80.5 Å². The van der Waals surface area contributed by atoms with E-state index in [2.05, 4.69) is 0 Å². The lowest BCUT2D eigenvalue weighted by Gasteiger charge is -2.24. The van der Waals surface area contributed by atoms with Gasteiger partial charge in [0.05, 0.1) is 21.1 Å². The largest absolute Gasteiger partial charge is 0.274 e. The maximum Gasteiger partial charge on any atom is 0.274 e. The van der Waals surface area contributed by atoms with Crippen LogP contribution in [0.4, 0.5) is 15.8 Å². The van der Waals surface area contributed by atoms with Crippen LogP contribution in [0.25, 0.3) is 0 Å². The Bertz CT molecular complexity index is 835. The Balaban J connectivity index is 2.58. The first-order valence-corrected chi connectivity index (χ1v) is 8.25. The van der Waals surface area contributed by atoms with E-state index in [0.717, 1.165) is 16.4 Å².